The molecule has 0 bridgehead atoms. The lowest BCUT2D eigenvalue weighted by Crippen LogP contribution is -2.48. The van der Waals surface area contributed by atoms with Crippen LogP contribution in [0.4, 0.5) is 4.79 Å². The molecular formula is C13H24N2O2. The van der Waals surface area contributed by atoms with Crippen molar-refractivity contribution in [2.75, 3.05) is 6.61 Å². The van der Waals surface area contributed by atoms with Crippen LogP contribution in [0.5, 0.6) is 0 Å². The van der Waals surface area contributed by atoms with Crippen LogP contribution in [-0.4, -0.2) is 29.8 Å². The number of urea groups is 1. The van der Waals surface area contributed by atoms with Crippen molar-refractivity contribution in [1.82, 2.24) is 10.6 Å². The number of rotatable bonds is 5. The van der Waals surface area contributed by atoms with Crippen molar-refractivity contribution >= 4 is 6.03 Å². The van der Waals surface area contributed by atoms with E-state index in [4.69, 9.17) is 5.11 Å². The zero-order valence-corrected chi connectivity index (χ0v) is 10.8. The molecule has 2 unspecified atom stereocenters. The molecule has 4 nitrogen and oxygen atoms in total. The van der Waals surface area contributed by atoms with E-state index in [2.05, 4.69) is 22.8 Å². The average Bonchev–Trinajstić information content (AvgIpc) is 2.29. The average molecular weight is 240 g/mol. The molecule has 0 radical (unpaired) electrons. The van der Waals surface area contributed by atoms with E-state index >= 15 is 0 Å². The van der Waals surface area contributed by atoms with Crippen LogP contribution in [0, 0.1) is 5.92 Å². The number of aliphatic hydroxyl groups is 1. The van der Waals surface area contributed by atoms with Crippen LogP contribution in [0.15, 0.2) is 12.2 Å². The monoisotopic (exact) mass is 240 g/mol. The molecule has 0 aromatic heterocycles. The number of hydrogen-bond donors (Lipinski definition) is 3. The van der Waals surface area contributed by atoms with Gasteiger partial charge in [0.05, 0.1) is 0 Å². The molecule has 17 heavy (non-hydrogen) atoms. The summed E-state index contributed by atoms with van der Waals surface area (Å²) in [5.74, 6) is 0.333. The minimum Gasteiger partial charge on any atom is -0.396 e. The Labute approximate surface area is 103 Å². The minimum absolute atomic E-state index is 0.0409. The van der Waals surface area contributed by atoms with Gasteiger partial charge in [0, 0.05) is 18.7 Å². The molecule has 0 heterocycles. The second kappa shape index (κ2) is 7.33. The van der Waals surface area contributed by atoms with Gasteiger partial charge in [-0.3, -0.25) is 0 Å². The van der Waals surface area contributed by atoms with Gasteiger partial charge in [-0.1, -0.05) is 26.0 Å². The van der Waals surface area contributed by atoms with E-state index in [0.29, 0.717) is 12.3 Å². The van der Waals surface area contributed by atoms with Crippen LogP contribution in [0.25, 0.3) is 0 Å². The van der Waals surface area contributed by atoms with Gasteiger partial charge >= 0.3 is 6.03 Å². The molecule has 1 aliphatic rings. The second-order valence-electron chi connectivity index (χ2n) is 4.96. The van der Waals surface area contributed by atoms with E-state index in [1.807, 2.05) is 13.8 Å². The summed E-state index contributed by atoms with van der Waals surface area (Å²) in [6.45, 7) is 4.20. The van der Waals surface area contributed by atoms with Crippen LogP contribution in [0.1, 0.15) is 39.5 Å². The highest BCUT2D eigenvalue weighted by Crippen LogP contribution is 2.10. The van der Waals surface area contributed by atoms with Gasteiger partial charge in [0.25, 0.3) is 0 Å². The molecule has 4 heteroatoms. The summed E-state index contributed by atoms with van der Waals surface area (Å²) in [5, 5.41) is 14.8. The molecular weight excluding hydrogens is 216 g/mol. The smallest absolute Gasteiger partial charge is 0.315 e. The molecule has 1 aliphatic carbocycles. The molecule has 0 fully saturated rings. The van der Waals surface area contributed by atoms with Crippen molar-refractivity contribution in [1.29, 1.82) is 0 Å². The molecule has 0 saturated heterocycles. The fourth-order valence-corrected chi connectivity index (χ4v) is 2.03. The van der Waals surface area contributed by atoms with Crippen molar-refractivity contribution in [3.05, 3.63) is 12.2 Å². The number of amides is 2. The summed E-state index contributed by atoms with van der Waals surface area (Å²) in [5.41, 5.74) is 0. The van der Waals surface area contributed by atoms with Gasteiger partial charge in [-0.15, -0.1) is 0 Å². The number of allylic oxidation sites excluding steroid dienone is 1. The molecule has 3 N–H and O–H groups in total. The van der Waals surface area contributed by atoms with Crippen molar-refractivity contribution < 1.29 is 9.90 Å². The topological polar surface area (TPSA) is 61.4 Å². The Hall–Kier alpha value is -1.03. The van der Waals surface area contributed by atoms with Gasteiger partial charge in [0.1, 0.15) is 0 Å². The molecule has 2 amide bonds. The maximum absolute atomic E-state index is 11.8. The van der Waals surface area contributed by atoms with Crippen LogP contribution in [0.2, 0.25) is 0 Å². The van der Waals surface area contributed by atoms with Crippen molar-refractivity contribution in [2.24, 2.45) is 5.92 Å². The van der Waals surface area contributed by atoms with Crippen molar-refractivity contribution in [3.8, 4) is 0 Å². The van der Waals surface area contributed by atoms with Gasteiger partial charge < -0.3 is 15.7 Å². The standard InChI is InChI=1S/C13H24N2O2/c1-10(2)12(8-9-16)15-13(17)14-11-6-4-3-5-7-11/h3-4,10-12,16H,5-9H2,1-2H3,(H2,14,15,17). The van der Waals surface area contributed by atoms with E-state index in [0.717, 1.165) is 19.3 Å². The van der Waals surface area contributed by atoms with Crippen LogP contribution in [-0.2, 0) is 0 Å². The third kappa shape index (κ3) is 5.22. The van der Waals surface area contributed by atoms with Crippen LogP contribution in [0.3, 0.4) is 0 Å². The minimum atomic E-state index is -0.113. The fraction of sp³-hybridized carbons (Fsp3) is 0.769. The quantitative estimate of drug-likeness (QED) is 0.642. The number of carbonyl (C=O) groups is 1. The van der Waals surface area contributed by atoms with Gasteiger partial charge in [-0.2, -0.15) is 0 Å². The van der Waals surface area contributed by atoms with E-state index in [1.165, 1.54) is 0 Å². The number of carbonyl (C=O) groups excluding carboxylic acids is 1. The molecule has 2 atom stereocenters. The molecule has 0 aliphatic heterocycles. The molecule has 0 spiro atoms. The summed E-state index contributed by atoms with van der Waals surface area (Å²) in [4.78, 5) is 11.8. The Balaban J connectivity index is 2.33. The highest BCUT2D eigenvalue weighted by Gasteiger charge is 2.18. The Bertz CT molecular complexity index is 264. The normalized spacial score (nSPS) is 21.3. The second-order valence-corrected chi connectivity index (χ2v) is 4.96. The van der Waals surface area contributed by atoms with Crippen molar-refractivity contribution in [2.45, 2.75) is 51.6 Å². The number of nitrogens with one attached hydrogen (secondary N) is 2. The maximum Gasteiger partial charge on any atom is 0.315 e. The molecule has 0 saturated carbocycles. The lowest BCUT2D eigenvalue weighted by atomic mass is 10.0. The lowest BCUT2D eigenvalue weighted by Gasteiger charge is -2.25. The van der Waals surface area contributed by atoms with Gasteiger partial charge in [-0.05, 0) is 31.6 Å². The first-order valence-electron chi connectivity index (χ1n) is 6.46. The highest BCUT2D eigenvalue weighted by molar-refractivity contribution is 5.74. The van der Waals surface area contributed by atoms with E-state index in [9.17, 15) is 4.79 Å². The molecule has 0 aromatic carbocycles. The van der Waals surface area contributed by atoms with Gasteiger partial charge in [0.2, 0.25) is 0 Å². The number of aliphatic hydroxyl groups excluding tert-OH is 1. The first-order valence-corrected chi connectivity index (χ1v) is 6.46. The predicted molar refractivity (Wildman–Crippen MR) is 68.8 cm³/mol. The van der Waals surface area contributed by atoms with Crippen LogP contribution < -0.4 is 10.6 Å². The fourth-order valence-electron chi connectivity index (χ4n) is 2.03. The SMILES string of the molecule is CC(C)C(CCO)NC(=O)NC1CC=CCC1. The summed E-state index contributed by atoms with van der Waals surface area (Å²) in [6, 6.07) is 0.179. The van der Waals surface area contributed by atoms with Crippen molar-refractivity contribution in [3.63, 3.8) is 0 Å². The van der Waals surface area contributed by atoms with E-state index in [1.54, 1.807) is 0 Å². The van der Waals surface area contributed by atoms with Crippen LogP contribution >= 0.6 is 0 Å². The Morgan fingerprint density at radius 1 is 1.47 bits per heavy atom. The Morgan fingerprint density at radius 2 is 2.24 bits per heavy atom. The third-order valence-corrected chi connectivity index (χ3v) is 3.17. The summed E-state index contributed by atoms with van der Waals surface area (Å²) >= 11 is 0. The summed E-state index contributed by atoms with van der Waals surface area (Å²) in [7, 11) is 0. The third-order valence-electron chi connectivity index (χ3n) is 3.17. The van der Waals surface area contributed by atoms with Gasteiger partial charge in [-0.25, -0.2) is 4.79 Å². The first-order chi connectivity index (χ1) is 8.13. The molecule has 98 valence electrons. The van der Waals surface area contributed by atoms with E-state index in [-0.39, 0.29) is 24.7 Å². The lowest BCUT2D eigenvalue weighted by molar-refractivity contribution is 0.215. The largest absolute Gasteiger partial charge is 0.396 e. The summed E-state index contributed by atoms with van der Waals surface area (Å²) in [6.07, 6.45) is 7.84. The predicted octanol–water partition coefficient (Wildman–Crippen LogP) is 1.80. The maximum atomic E-state index is 11.8. The van der Waals surface area contributed by atoms with Gasteiger partial charge in [0.15, 0.2) is 0 Å². The first kappa shape index (κ1) is 14.0. The number of hydrogen-bond acceptors (Lipinski definition) is 2. The zero-order chi connectivity index (χ0) is 12.7. The molecule has 1 rings (SSSR count). The molecule has 0 aromatic rings. The zero-order valence-electron chi connectivity index (χ0n) is 10.8. The highest BCUT2D eigenvalue weighted by atomic mass is 16.3. The Kier molecular flexibility index (Phi) is 6.05. The Morgan fingerprint density at radius 3 is 2.76 bits per heavy atom. The van der Waals surface area contributed by atoms with E-state index < -0.39 is 0 Å². The summed E-state index contributed by atoms with van der Waals surface area (Å²) < 4.78 is 0.